The Balaban J connectivity index is 1.65. The van der Waals surface area contributed by atoms with Crippen molar-refractivity contribution in [3.63, 3.8) is 0 Å². The van der Waals surface area contributed by atoms with Crippen LogP contribution in [0.3, 0.4) is 0 Å². The molecule has 1 aliphatic rings. The largest absolute Gasteiger partial charge is 0.359 e. The van der Waals surface area contributed by atoms with Crippen LogP contribution in [0.25, 0.3) is 11.3 Å². The van der Waals surface area contributed by atoms with Crippen LogP contribution >= 0.6 is 0 Å². The average molecular weight is 335 g/mol. The molecule has 0 amide bonds. The van der Waals surface area contributed by atoms with Gasteiger partial charge in [0.2, 0.25) is 0 Å². The number of rotatable bonds is 5. The Hall–Kier alpha value is -1.70. The van der Waals surface area contributed by atoms with Crippen LogP contribution in [0, 0.1) is 0 Å². The smallest absolute Gasteiger partial charge is 0.280 e. The molecule has 124 valence electrons. The van der Waals surface area contributed by atoms with E-state index in [1.54, 1.807) is 6.07 Å². The summed E-state index contributed by atoms with van der Waals surface area (Å²) in [6, 6.07) is 11.4. The van der Waals surface area contributed by atoms with Crippen LogP contribution in [0.1, 0.15) is 31.9 Å². The number of aromatic nitrogens is 1. The minimum absolute atomic E-state index is 0.0378. The molecule has 1 fully saturated rings. The third kappa shape index (κ3) is 3.80. The lowest BCUT2D eigenvalue weighted by molar-refractivity contribution is 0.264. The van der Waals surface area contributed by atoms with Crippen molar-refractivity contribution in [1.29, 1.82) is 0 Å². The lowest BCUT2D eigenvalue weighted by Crippen LogP contribution is -2.47. The molecule has 0 radical (unpaired) electrons. The van der Waals surface area contributed by atoms with E-state index < -0.39 is 10.2 Å². The maximum absolute atomic E-state index is 12.4. The van der Waals surface area contributed by atoms with Crippen LogP contribution in [0.2, 0.25) is 0 Å². The van der Waals surface area contributed by atoms with E-state index >= 15 is 0 Å². The van der Waals surface area contributed by atoms with Gasteiger partial charge < -0.3 is 4.52 Å². The predicted molar refractivity (Wildman–Crippen MR) is 87.7 cm³/mol. The predicted octanol–water partition coefficient (Wildman–Crippen LogP) is 2.55. The van der Waals surface area contributed by atoms with E-state index in [0.717, 1.165) is 24.8 Å². The molecule has 7 heteroatoms. The van der Waals surface area contributed by atoms with Crippen LogP contribution < -0.4 is 4.72 Å². The topological polar surface area (TPSA) is 75.4 Å². The summed E-state index contributed by atoms with van der Waals surface area (Å²) >= 11 is 0. The molecule has 0 spiro atoms. The first-order valence-corrected chi connectivity index (χ1v) is 9.28. The van der Waals surface area contributed by atoms with Gasteiger partial charge in [-0.25, -0.2) is 0 Å². The number of hydrogen-bond donors (Lipinski definition) is 1. The maximum atomic E-state index is 12.4. The molecule has 0 unspecified atom stereocenters. The summed E-state index contributed by atoms with van der Waals surface area (Å²) < 4.78 is 34.2. The number of benzene rings is 1. The third-order valence-electron chi connectivity index (χ3n) is 4.11. The van der Waals surface area contributed by atoms with Crippen LogP contribution in [-0.4, -0.2) is 30.5 Å². The van der Waals surface area contributed by atoms with Crippen LogP contribution in [-0.2, 0) is 16.8 Å². The van der Waals surface area contributed by atoms with Gasteiger partial charge >= 0.3 is 0 Å². The van der Waals surface area contributed by atoms with E-state index in [9.17, 15) is 8.42 Å². The quantitative estimate of drug-likeness (QED) is 0.911. The molecule has 1 atom stereocenters. The van der Waals surface area contributed by atoms with Gasteiger partial charge in [-0.15, -0.1) is 0 Å². The first kappa shape index (κ1) is 16.2. The second-order valence-electron chi connectivity index (χ2n) is 5.83. The fraction of sp³-hybridized carbons (Fsp3) is 0.438. The Morgan fingerprint density at radius 2 is 2.09 bits per heavy atom. The van der Waals surface area contributed by atoms with Gasteiger partial charge in [0.25, 0.3) is 10.2 Å². The molecule has 0 bridgehead atoms. The fourth-order valence-electron chi connectivity index (χ4n) is 2.82. The molecule has 1 aromatic heterocycles. The van der Waals surface area contributed by atoms with Gasteiger partial charge in [0.15, 0.2) is 5.76 Å². The Morgan fingerprint density at radius 3 is 2.83 bits per heavy atom. The second-order valence-corrected chi connectivity index (χ2v) is 7.53. The highest BCUT2D eigenvalue weighted by Crippen LogP contribution is 2.21. The van der Waals surface area contributed by atoms with Crippen molar-refractivity contribution < 1.29 is 12.9 Å². The molecule has 1 saturated heterocycles. The molecule has 0 aliphatic carbocycles. The highest BCUT2D eigenvalue weighted by atomic mass is 32.2. The molecule has 2 aromatic rings. The zero-order chi connectivity index (χ0) is 16.3. The standard InChI is InChI=1S/C16H21N3O3S/c1-13-7-5-6-10-19(13)23(20,21)17-12-15-11-16(18-22-15)14-8-3-2-4-9-14/h2-4,8-9,11,13,17H,5-7,10,12H2,1H3/t13-/m1/s1. The molecule has 0 saturated carbocycles. The monoisotopic (exact) mass is 335 g/mol. The van der Waals surface area contributed by atoms with Gasteiger partial charge in [0.05, 0.1) is 6.54 Å². The minimum Gasteiger partial charge on any atom is -0.359 e. The van der Waals surface area contributed by atoms with Gasteiger partial charge in [-0.3, -0.25) is 0 Å². The Morgan fingerprint density at radius 1 is 1.30 bits per heavy atom. The van der Waals surface area contributed by atoms with Crippen molar-refractivity contribution in [1.82, 2.24) is 14.2 Å². The van der Waals surface area contributed by atoms with Gasteiger partial charge in [-0.2, -0.15) is 17.4 Å². The number of nitrogens with one attached hydrogen (secondary N) is 1. The van der Waals surface area contributed by atoms with Crippen LogP contribution in [0.5, 0.6) is 0 Å². The molecule has 2 heterocycles. The second kappa shape index (κ2) is 6.82. The van der Waals surface area contributed by atoms with Crippen molar-refractivity contribution in [2.75, 3.05) is 6.54 Å². The molecule has 1 aliphatic heterocycles. The van der Waals surface area contributed by atoms with Crippen molar-refractivity contribution in [3.8, 4) is 11.3 Å². The van der Waals surface area contributed by atoms with E-state index in [4.69, 9.17) is 4.52 Å². The van der Waals surface area contributed by atoms with E-state index in [2.05, 4.69) is 9.88 Å². The van der Waals surface area contributed by atoms with Crippen molar-refractivity contribution in [2.24, 2.45) is 0 Å². The zero-order valence-electron chi connectivity index (χ0n) is 13.1. The lowest BCUT2D eigenvalue weighted by Gasteiger charge is -2.32. The Bertz CT molecular complexity index is 743. The van der Waals surface area contributed by atoms with Gasteiger partial charge in [0, 0.05) is 24.2 Å². The lowest BCUT2D eigenvalue weighted by atomic mass is 10.1. The van der Waals surface area contributed by atoms with Gasteiger partial charge in [-0.05, 0) is 19.8 Å². The third-order valence-corrected chi connectivity index (χ3v) is 5.78. The highest BCUT2D eigenvalue weighted by Gasteiger charge is 2.29. The Kier molecular flexibility index (Phi) is 4.79. The summed E-state index contributed by atoms with van der Waals surface area (Å²) in [5.41, 5.74) is 1.64. The summed E-state index contributed by atoms with van der Waals surface area (Å²) in [5.74, 6) is 0.497. The number of hydrogen-bond acceptors (Lipinski definition) is 4. The SMILES string of the molecule is C[C@@H]1CCCCN1S(=O)(=O)NCc1cc(-c2ccccc2)no1. The summed E-state index contributed by atoms with van der Waals surface area (Å²) in [6.45, 7) is 2.62. The van der Waals surface area contributed by atoms with Crippen LogP contribution in [0.4, 0.5) is 0 Å². The van der Waals surface area contributed by atoms with Crippen molar-refractivity contribution >= 4 is 10.2 Å². The van der Waals surface area contributed by atoms with Crippen molar-refractivity contribution in [2.45, 2.75) is 38.8 Å². The molecular weight excluding hydrogens is 314 g/mol. The van der Waals surface area contributed by atoms with Crippen LogP contribution in [0.15, 0.2) is 40.9 Å². The molecule has 3 rings (SSSR count). The summed E-state index contributed by atoms with van der Waals surface area (Å²) in [5, 5.41) is 3.99. The normalized spacial score (nSPS) is 19.8. The van der Waals surface area contributed by atoms with Gasteiger partial charge in [0.1, 0.15) is 5.69 Å². The van der Waals surface area contributed by atoms with Crippen molar-refractivity contribution in [3.05, 3.63) is 42.2 Å². The van der Waals surface area contributed by atoms with E-state index in [1.807, 2.05) is 37.3 Å². The van der Waals surface area contributed by atoms with E-state index in [0.29, 0.717) is 18.0 Å². The molecule has 6 nitrogen and oxygen atoms in total. The number of piperidine rings is 1. The Labute approximate surface area is 136 Å². The molecular formula is C16H21N3O3S. The summed E-state index contributed by atoms with van der Waals surface area (Å²) in [4.78, 5) is 0. The highest BCUT2D eigenvalue weighted by molar-refractivity contribution is 7.87. The van der Waals surface area contributed by atoms with Gasteiger partial charge in [-0.1, -0.05) is 41.9 Å². The van der Waals surface area contributed by atoms with E-state index in [-0.39, 0.29) is 12.6 Å². The van der Waals surface area contributed by atoms with E-state index in [1.165, 1.54) is 4.31 Å². The molecule has 23 heavy (non-hydrogen) atoms. The first-order valence-electron chi connectivity index (χ1n) is 7.84. The number of nitrogens with zero attached hydrogens (tertiary/aromatic N) is 2. The summed E-state index contributed by atoms with van der Waals surface area (Å²) in [7, 11) is -3.49. The average Bonchev–Trinajstić information content (AvgIpc) is 3.03. The molecule has 1 N–H and O–H groups in total. The zero-order valence-corrected chi connectivity index (χ0v) is 13.9. The first-order chi connectivity index (χ1) is 11.1. The fourth-order valence-corrected chi connectivity index (χ4v) is 4.25. The maximum Gasteiger partial charge on any atom is 0.280 e. The molecule has 1 aromatic carbocycles. The summed E-state index contributed by atoms with van der Waals surface area (Å²) in [6.07, 6.45) is 2.89. The minimum atomic E-state index is -3.49.